The second-order valence-electron chi connectivity index (χ2n) is 7.03. The Morgan fingerprint density at radius 1 is 1.37 bits per heavy atom. The molecule has 0 aliphatic carbocycles. The maximum atomic E-state index is 14.1. The van der Waals surface area contributed by atoms with Crippen molar-refractivity contribution in [3.8, 4) is 11.6 Å². The average Bonchev–Trinajstić information content (AvgIpc) is 3.08. The van der Waals surface area contributed by atoms with Gasteiger partial charge in [-0.05, 0) is 24.6 Å². The first kappa shape index (κ1) is 20.0. The van der Waals surface area contributed by atoms with Gasteiger partial charge in [-0.1, -0.05) is 0 Å². The van der Waals surface area contributed by atoms with Gasteiger partial charge in [0.1, 0.15) is 11.8 Å². The van der Waals surface area contributed by atoms with Crippen LogP contribution in [0, 0.1) is 12.7 Å². The van der Waals surface area contributed by atoms with Crippen molar-refractivity contribution >= 4 is 17.1 Å². The molecule has 0 spiro atoms. The number of amides is 1. The first-order valence-corrected chi connectivity index (χ1v) is 9.67. The smallest absolute Gasteiger partial charge is 0.253 e. The Morgan fingerprint density at radius 3 is 2.93 bits per heavy atom. The minimum absolute atomic E-state index is 0.0121. The zero-order chi connectivity index (χ0) is 21.1. The van der Waals surface area contributed by atoms with E-state index in [2.05, 4.69) is 20.3 Å². The number of aryl methyl sites for hydroxylation is 1. The van der Waals surface area contributed by atoms with Gasteiger partial charge in [-0.25, -0.2) is 8.91 Å². The van der Waals surface area contributed by atoms with Crippen LogP contribution in [0.3, 0.4) is 0 Å². The van der Waals surface area contributed by atoms with Gasteiger partial charge in [0.2, 0.25) is 5.88 Å². The number of hydrogen-bond donors (Lipinski definition) is 2. The van der Waals surface area contributed by atoms with Gasteiger partial charge in [0.15, 0.2) is 11.6 Å². The summed E-state index contributed by atoms with van der Waals surface area (Å²) >= 11 is 0. The van der Waals surface area contributed by atoms with Crippen molar-refractivity contribution in [3.63, 3.8) is 0 Å². The summed E-state index contributed by atoms with van der Waals surface area (Å²) in [5.41, 5.74) is 7.47. The Bertz CT molecular complexity index is 1060. The molecule has 1 aromatic carbocycles. The van der Waals surface area contributed by atoms with E-state index in [0.717, 1.165) is 19.6 Å². The fraction of sp³-hybridized carbons (Fsp3) is 0.350. The number of aromatic nitrogens is 3. The summed E-state index contributed by atoms with van der Waals surface area (Å²) in [5, 5.41) is 7.08. The molecular formula is C20H23FN6O3. The van der Waals surface area contributed by atoms with Crippen molar-refractivity contribution in [1.29, 1.82) is 0 Å². The fourth-order valence-corrected chi connectivity index (χ4v) is 3.38. The Hall–Kier alpha value is -3.24. The predicted molar refractivity (Wildman–Crippen MR) is 108 cm³/mol. The van der Waals surface area contributed by atoms with Gasteiger partial charge < -0.3 is 20.5 Å². The van der Waals surface area contributed by atoms with Gasteiger partial charge in [0.25, 0.3) is 5.91 Å². The molecule has 1 aliphatic heterocycles. The van der Waals surface area contributed by atoms with Gasteiger partial charge in [-0.15, -0.1) is 0 Å². The van der Waals surface area contributed by atoms with E-state index in [1.54, 1.807) is 13.1 Å². The van der Waals surface area contributed by atoms with E-state index in [1.165, 1.54) is 29.0 Å². The molecule has 158 valence electrons. The summed E-state index contributed by atoms with van der Waals surface area (Å²) in [5.74, 6) is -0.673. The number of nitrogens with two attached hydrogens (primary N) is 1. The number of fused-ring (bicyclic) bond motifs is 1. The quantitative estimate of drug-likeness (QED) is 0.590. The zero-order valence-electron chi connectivity index (χ0n) is 16.6. The fourth-order valence-electron chi connectivity index (χ4n) is 3.38. The van der Waals surface area contributed by atoms with Crippen molar-refractivity contribution in [2.75, 3.05) is 45.1 Å². The Labute approximate surface area is 172 Å². The molecule has 0 radical (unpaired) electrons. The first-order chi connectivity index (χ1) is 14.5. The van der Waals surface area contributed by atoms with Crippen LogP contribution in [-0.4, -0.2) is 64.8 Å². The molecule has 1 saturated heterocycles. The summed E-state index contributed by atoms with van der Waals surface area (Å²) in [4.78, 5) is 19.1. The van der Waals surface area contributed by atoms with Gasteiger partial charge >= 0.3 is 0 Å². The number of morpholine rings is 1. The topological polar surface area (TPSA) is 107 Å². The third-order valence-electron chi connectivity index (χ3n) is 5.02. The van der Waals surface area contributed by atoms with Crippen LogP contribution in [0.1, 0.15) is 15.9 Å². The molecule has 30 heavy (non-hydrogen) atoms. The Balaban J connectivity index is 1.51. The van der Waals surface area contributed by atoms with E-state index >= 15 is 0 Å². The van der Waals surface area contributed by atoms with Gasteiger partial charge in [-0.2, -0.15) is 10.1 Å². The first-order valence-electron chi connectivity index (χ1n) is 9.67. The zero-order valence-corrected chi connectivity index (χ0v) is 16.6. The number of nitrogens with zero attached hydrogens (tertiary/aromatic N) is 4. The molecule has 1 fully saturated rings. The molecule has 0 atom stereocenters. The third-order valence-corrected chi connectivity index (χ3v) is 5.02. The number of anilines is 1. The van der Waals surface area contributed by atoms with Crippen LogP contribution in [0.25, 0.3) is 5.52 Å². The van der Waals surface area contributed by atoms with Gasteiger partial charge in [0.05, 0.1) is 18.8 Å². The highest BCUT2D eigenvalue weighted by molar-refractivity contribution is 5.98. The van der Waals surface area contributed by atoms with Crippen LogP contribution in [0.5, 0.6) is 11.6 Å². The molecule has 2 aromatic heterocycles. The number of rotatable bonds is 6. The molecule has 1 aliphatic rings. The van der Waals surface area contributed by atoms with Crippen molar-refractivity contribution in [3.05, 3.63) is 47.7 Å². The van der Waals surface area contributed by atoms with Crippen LogP contribution in [0.15, 0.2) is 30.7 Å². The van der Waals surface area contributed by atoms with E-state index < -0.39 is 5.82 Å². The molecule has 0 bridgehead atoms. The molecule has 3 aromatic rings. The second kappa shape index (κ2) is 8.64. The maximum absolute atomic E-state index is 14.1. The molecule has 0 saturated carbocycles. The van der Waals surface area contributed by atoms with Gasteiger partial charge in [-0.3, -0.25) is 9.69 Å². The lowest BCUT2D eigenvalue weighted by molar-refractivity contribution is 0.0383. The minimum atomic E-state index is -0.600. The van der Waals surface area contributed by atoms with Gasteiger partial charge in [0, 0.05) is 44.1 Å². The second-order valence-corrected chi connectivity index (χ2v) is 7.03. The molecule has 3 N–H and O–H groups in total. The molecule has 3 heterocycles. The lowest BCUT2D eigenvalue weighted by Gasteiger charge is -2.26. The monoisotopic (exact) mass is 414 g/mol. The number of carbonyl (C=O) groups excluding carboxylic acids is 1. The minimum Gasteiger partial charge on any atom is -0.434 e. The maximum Gasteiger partial charge on any atom is 0.253 e. The van der Waals surface area contributed by atoms with Crippen LogP contribution in [-0.2, 0) is 4.74 Å². The number of nitrogen functional groups attached to an aromatic ring is 1. The standard InChI is InChI=1S/C20H23FN6O3/c1-13-15(19(28)23-4-5-26-6-8-29-9-7-26)11-27-18(13)20(24-12-25-27)30-17-3-2-14(22)10-16(17)21/h2-3,10-12H,4-9,22H2,1H3,(H,23,28). The van der Waals surface area contributed by atoms with Crippen LogP contribution < -0.4 is 15.8 Å². The van der Waals surface area contributed by atoms with Crippen LogP contribution in [0.4, 0.5) is 10.1 Å². The molecule has 4 rings (SSSR count). The number of benzene rings is 1. The molecular weight excluding hydrogens is 391 g/mol. The highest BCUT2D eigenvalue weighted by Crippen LogP contribution is 2.30. The van der Waals surface area contributed by atoms with E-state index in [1.807, 2.05) is 0 Å². The average molecular weight is 414 g/mol. The summed E-state index contributed by atoms with van der Waals surface area (Å²) in [6.45, 7) is 6.22. The summed E-state index contributed by atoms with van der Waals surface area (Å²) in [6.07, 6.45) is 2.90. The SMILES string of the molecule is Cc1c(C(=O)NCCN2CCOCC2)cn2ncnc(Oc3ccc(N)cc3F)c12. The highest BCUT2D eigenvalue weighted by Gasteiger charge is 2.20. The van der Waals surface area contributed by atoms with Crippen molar-refractivity contribution in [2.45, 2.75) is 6.92 Å². The lowest BCUT2D eigenvalue weighted by Crippen LogP contribution is -2.41. The molecule has 10 heteroatoms. The van der Waals surface area contributed by atoms with E-state index in [4.69, 9.17) is 15.2 Å². The van der Waals surface area contributed by atoms with E-state index in [0.29, 0.717) is 42.1 Å². The number of nitrogens with one attached hydrogen (secondary N) is 1. The van der Waals surface area contributed by atoms with Crippen molar-refractivity contribution in [1.82, 2.24) is 24.8 Å². The normalized spacial score (nSPS) is 14.7. The predicted octanol–water partition coefficient (Wildman–Crippen LogP) is 1.61. The summed E-state index contributed by atoms with van der Waals surface area (Å²) < 4.78 is 26.6. The molecule has 1 amide bonds. The summed E-state index contributed by atoms with van der Waals surface area (Å²) in [6, 6.07) is 4.14. The van der Waals surface area contributed by atoms with E-state index in [9.17, 15) is 9.18 Å². The number of carbonyl (C=O) groups is 1. The summed E-state index contributed by atoms with van der Waals surface area (Å²) in [7, 11) is 0. The highest BCUT2D eigenvalue weighted by atomic mass is 19.1. The Kier molecular flexibility index (Phi) is 5.77. The number of hydrogen-bond acceptors (Lipinski definition) is 7. The lowest BCUT2D eigenvalue weighted by atomic mass is 10.2. The Morgan fingerprint density at radius 2 is 2.17 bits per heavy atom. The van der Waals surface area contributed by atoms with Crippen molar-refractivity contribution < 1.29 is 18.7 Å². The molecule has 0 unspecified atom stereocenters. The number of ether oxygens (including phenoxy) is 2. The van der Waals surface area contributed by atoms with Crippen LogP contribution in [0.2, 0.25) is 0 Å². The molecule has 9 nitrogen and oxygen atoms in total. The van der Waals surface area contributed by atoms with Crippen LogP contribution >= 0.6 is 0 Å². The number of halogens is 1. The van der Waals surface area contributed by atoms with E-state index in [-0.39, 0.29) is 17.5 Å². The third kappa shape index (κ3) is 4.19. The largest absolute Gasteiger partial charge is 0.434 e. The van der Waals surface area contributed by atoms with Crippen molar-refractivity contribution in [2.24, 2.45) is 0 Å².